The van der Waals surface area contributed by atoms with E-state index in [2.05, 4.69) is 56.0 Å². The third-order valence-electron chi connectivity index (χ3n) is 4.99. The highest BCUT2D eigenvalue weighted by Gasteiger charge is 2.29. The summed E-state index contributed by atoms with van der Waals surface area (Å²) in [5, 5.41) is 0. The number of carbonyl (C=O) groups is 1. The number of nitrogens with zero attached hydrogens (tertiary/aromatic N) is 1. The van der Waals surface area contributed by atoms with Crippen molar-refractivity contribution in [3.63, 3.8) is 0 Å². The van der Waals surface area contributed by atoms with Crippen LogP contribution in [0.15, 0.2) is 48.5 Å². The lowest BCUT2D eigenvalue weighted by atomic mass is 9.87. The zero-order chi connectivity index (χ0) is 18.0. The van der Waals surface area contributed by atoms with E-state index in [9.17, 15) is 4.79 Å². The van der Waals surface area contributed by atoms with Gasteiger partial charge in [-0.1, -0.05) is 63.2 Å². The molecule has 1 aliphatic carbocycles. The van der Waals surface area contributed by atoms with E-state index < -0.39 is 0 Å². The predicted molar refractivity (Wildman–Crippen MR) is 104 cm³/mol. The van der Waals surface area contributed by atoms with Crippen LogP contribution in [0.2, 0.25) is 0 Å². The van der Waals surface area contributed by atoms with Gasteiger partial charge in [-0.05, 0) is 47.9 Å². The first kappa shape index (κ1) is 17.9. The van der Waals surface area contributed by atoms with Crippen LogP contribution in [0.1, 0.15) is 67.6 Å². The molecule has 2 aromatic carbocycles. The Morgan fingerprint density at radius 1 is 1.00 bits per heavy atom. The van der Waals surface area contributed by atoms with E-state index in [1.54, 1.807) is 6.92 Å². The van der Waals surface area contributed by atoms with Gasteiger partial charge in [-0.3, -0.25) is 9.69 Å². The van der Waals surface area contributed by atoms with Crippen molar-refractivity contribution in [3.8, 4) is 0 Å². The van der Waals surface area contributed by atoms with Crippen LogP contribution in [0.25, 0.3) is 0 Å². The Hall–Kier alpha value is -1.93. The number of Topliss-reactive ketones (excluding diaryl/α,β-unsaturated/α-hetero) is 1. The number of rotatable bonds is 6. The molecule has 1 aliphatic rings. The zero-order valence-electron chi connectivity index (χ0n) is 15.9. The molecule has 0 heterocycles. The molecule has 0 spiro atoms. The number of carbonyl (C=O) groups excluding carboxylic acids is 1. The second kappa shape index (κ2) is 7.13. The van der Waals surface area contributed by atoms with Crippen LogP contribution >= 0.6 is 0 Å². The summed E-state index contributed by atoms with van der Waals surface area (Å²) in [5.41, 5.74) is 4.97. The minimum atomic E-state index is 0.137. The number of ketones is 1. The fourth-order valence-electron chi connectivity index (χ4n) is 3.22. The summed E-state index contributed by atoms with van der Waals surface area (Å²) in [6.07, 6.45) is 2.57. The standard InChI is InChI=1S/C23H29NO/c1-17(25)20-7-5-6-19(14-20)16-24(22-12-13-22)15-18-8-10-21(11-9-18)23(2,3)4/h5-11,14,22H,12-13,15-16H2,1-4H3. The molecule has 132 valence electrons. The van der Waals surface area contributed by atoms with Gasteiger partial charge in [0.05, 0.1) is 0 Å². The maximum atomic E-state index is 11.6. The van der Waals surface area contributed by atoms with Crippen molar-refractivity contribution < 1.29 is 4.79 Å². The average Bonchev–Trinajstić information content (AvgIpc) is 3.39. The van der Waals surface area contributed by atoms with E-state index in [1.807, 2.05) is 18.2 Å². The number of benzene rings is 2. The highest BCUT2D eigenvalue weighted by atomic mass is 16.1. The fourth-order valence-corrected chi connectivity index (χ4v) is 3.22. The largest absolute Gasteiger partial charge is 0.295 e. The third kappa shape index (κ3) is 4.79. The molecular weight excluding hydrogens is 306 g/mol. The average molecular weight is 335 g/mol. The monoisotopic (exact) mass is 335 g/mol. The van der Waals surface area contributed by atoms with Crippen LogP contribution in [-0.2, 0) is 18.5 Å². The molecule has 0 N–H and O–H groups in total. The third-order valence-corrected chi connectivity index (χ3v) is 4.99. The van der Waals surface area contributed by atoms with Gasteiger partial charge in [0.15, 0.2) is 5.78 Å². The second-order valence-corrected chi connectivity index (χ2v) is 8.34. The number of hydrogen-bond donors (Lipinski definition) is 0. The van der Waals surface area contributed by atoms with E-state index in [1.165, 1.54) is 29.5 Å². The minimum Gasteiger partial charge on any atom is -0.295 e. The molecule has 0 unspecified atom stereocenters. The first-order valence-corrected chi connectivity index (χ1v) is 9.26. The quantitative estimate of drug-likeness (QED) is 0.663. The Morgan fingerprint density at radius 2 is 1.64 bits per heavy atom. The molecule has 1 fully saturated rings. The summed E-state index contributed by atoms with van der Waals surface area (Å²) >= 11 is 0. The molecule has 2 heteroatoms. The molecule has 0 radical (unpaired) electrons. The lowest BCUT2D eigenvalue weighted by molar-refractivity contribution is 0.101. The smallest absolute Gasteiger partial charge is 0.159 e. The minimum absolute atomic E-state index is 0.137. The van der Waals surface area contributed by atoms with Crippen LogP contribution in [0.3, 0.4) is 0 Å². The summed E-state index contributed by atoms with van der Waals surface area (Å²) in [7, 11) is 0. The summed E-state index contributed by atoms with van der Waals surface area (Å²) < 4.78 is 0. The van der Waals surface area contributed by atoms with Gasteiger partial charge in [-0.25, -0.2) is 0 Å². The summed E-state index contributed by atoms with van der Waals surface area (Å²) in [6.45, 7) is 10.3. The molecule has 2 nitrogen and oxygen atoms in total. The van der Waals surface area contributed by atoms with Gasteiger partial charge in [-0.2, -0.15) is 0 Å². The summed E-state index contributed by atoms with van der Waals surface area (Å²) in [6, 6.07) is 17.8. The normalized spacial score (nSPS) is 14.8. The van der Waals surface area contributed by atoms with Gasteiger partial charge < -0.3 is 0 Å². The Morgan fingerprint density at radius 3 is 2.20 bits per heavy atom. The molecule has 0 aromatic heterocycles. The van der Waals surface area contributed by atoms with E-state index >= 15 is 0 Å². The molecule has 2 aromatic rings. The Balaban J connectivity index is 1.72. The van der Waals surface area contributed by atoms with E-state index in [-0.39, 0.29) is 11.2 Å². The van der Waals surface area contributed by atoms with Crippen molar-refractivity contribution in [2.75, 3.05) is 0 Å². The van der Waals surface area contributed by atoms with E-state index in [4.69, 9.17) is 0 Å². The van der Waals surface area contributed by atoms with Gasteiger partial charge in [0.1, 0.15) is 0 Å². The maximum Gasteiger partial charge on any atom is 0.159 e. The van der Waals surface area contributed by atoms with Crippen LogP contribution in [-0.4, -0.2) is 16.7 Å². The predicted octanol–water partition coefficient (Wildman–Crippen LogP) is 5.35. The van der Waals surface area contributed by atoms with Crippen LogP contribution in [0, 0.1) is 0 Å². The Labute approximate surface area is 151 Å². The van der Waals surface area contributed by atoms with Crippen LogP contribution < -0.4 is 0 Å². The molecule has 0 atom stereocenters. The molecule has 3 rings (SSSR count). The van der Waals surface area contributed by atoms with Crippen molar-refractivity contribution in [1.82, 2.24) is 4.90 Å². The Bertz CT molecular complexity index is 735. The maximum absolute atomic E-state index is 11.6. The van der Waals surface area contributed by atoms with E-state index in [0.29, 0.717) is 6.04 Å². The van der Waals surface area contributed by atoms with Gasteiger partial charge in [0.25, 0.3) is 0 Å². The van der Waals surface area contributed by atoms with Gasteiger partial charge in [0, 0.05) is 24.7 Å². The first-order chi connectivity index (χ1) is 11.8. The lowest BCUT2D eigenvalue weighted by Gasteiger charge is -2.24. The van der Waals surface area contributed by atoms with Crippen LogP contribution in [0.4, 0.5) is 0 Å². The van der Waals surface area contributed by atoms with Crippen molar-refractivity contribution in [2.45, 2.75) is 65.1 Å². The van der Waals surface area contributed by atoms with Gasteiger partial charge in [0.2, 0.25) is 0 Å². The summed E-state index contributed by atoms with van der Waals surface area (Å²) in [5.74, 6) is 0.137. The zero-order valence-corrected chi connectivity index (χ0v) is 15.9. The number of hydrogen-bond acceptors (Lipinski definition) is 2. The molecule has 0 bridgehead atoms. The topological polar surface area (TPSA) is 20.3 Å². The van der Waals surface area contributed by atoms with E-state index in [0.717, 1.165) is 18.7 Å². The highest BCUT2D eigenvalue weighted by Crippen LogP contribution is 2.30. The van der Waals surface area contributed by atoms with Crippen molar-refractivity contribution >= 4 is 5.78 Å². The second-order valence-electron chi connectivity index (χ2n) is 8.34. The molecular formula is C23H29NO. The molecule has 0 amide bonds. The molecule has 25 heavy (non-hydrogen) atoms. The molecule has 0 aliphatic heterocycles. The van der Waals surface area contributed by atoms with Gasteiger partial charge in [-0.15, -0.1) is 0 Å². The SMILES string of the molecule is CC(=O)c1cccc(CN(Cc2ccc(C(C)(C)C)cc2)C2CC2)c1. The molecule has 1 saturated carbocycles. The van der Waals surface area contributed by atoms with Gasteiger partial charge >= 0.3 is 0 Å². The van der Waals surface area contributed by atoms with Crippen molar-refractivity contribution in [1.29, 1.82) is 0 Å². The Kier molecular flexibility index (Phi) is 5.10. The van der Waals surface area contributed by atoms with Crippen molar-refractivity contribution in [2.24, 2.45) is 0 Å². The molecule has 0 saturated heterocycles. The van der Waals surface area contributed by atoms with Crippen LogP contribution in [0.5, 0.6) is 0 Å². The van der Waals surface area contributed by atoms with Crippen molar-refractivity contribution in [3.05, 3.63) is 70.8 Å². The fraction of sp³-hybridized carbons (Fsp3) is 0.435. The lowest BCUT2D eigenvalue weighted by Crippen LogP contribution is -2.25. The first-order valence-electron chi connectivity index (χ1n) is 9.26. The highest BCUT2D eigenvalue weighted by molar-refractivity contribution is 5.94. The summed E-state index contributed by atoms with van der Waals surface area (Å²) in [4.78, 5) is 14.2.